The molecule has 0 aromatic carbocycles. The normalized spacial score (nSPS) is 15.9. The summed E-state index contributed by atoms with van der Waals surface area (Å²) in [7, 11) is 2.19. The summed E-state index contributed by atoms with van der Waals surface area (Å²) in [6.45, 7) is 3.34. The van der Waals surface area contributed by atoms with Crippen molar-refractivity contribution >= 4 is 32.7 Å². The van der Waals surface area contributed by atoms with Crippen molar-refractivity contribution < 1.29 is 0 Å². The van der Waals surface area contributed by atoms with Crippen LogP contribution >= 0.6 is 15.9 Å². The Bertz CT molecular complexity index is 893. The molecule has 1 aliphatic rings. The van der Waals surface area contributed by atoms with Crippen LogP contribution in [-0.4, -0.2) is 52.6 Å². The van der Waals surface area contributed by atoms with Gasteiger partial charge in [-0.2, -0.15) is 0 Å². The van der Waals surface area contributed by atoms with Gasteiger partial charge in [0.1, 0.15) is 5.52 Å². The van der Waals surface area contributed by atoms with E-state index in [2.05, 4.69) is 65.9 Å². The Morgan fingerprint density at radius 3 is 2.74 bits per heavy atom. The zero-order valence-corrected chi connectivity index (χ0v) is 17.1. The van der Waals surface area contributed by atoms with Gasteiger partial charge in [0.25, 0.3) is 0 Å². The molecule has 1 saturated heterocycles. The predicted octanol–water partition coefficient (Wildman–Crippen LogP) is 3.93. The molecule has 0 radical (unpaired) electrons. The van der Waals surface area contributed by atoms with Crippen molar-refractivity contribution in [2.75, 3.05) is 31.6 Å². The van der Waals surface area contributed by atoms with E-state index < -0.39 is 0 Å². The van der Waals surface area contributed by atoms with E-state index in [-0.39, 0.29) is 0 Å². The van der Waals surface area contributed by atoms with E-state index in [1.54, 1.807) is 0 Å². The maximum absolute atomic E-state index is 4.61. The van der Waals surface area contributed by atoms with Crippen LogP contribution in [0.2, 0.25) is 0 Å². The van der Waals surface area contributed by atoms with Gasteiger partial charge in [-0.3, -0.25) is 15.0 Å². The Morgan fingerprint density at radius 1 is 1.11 bits per heavy atom. The summed E-state index contributed by atoms with van der Waals surface area (Å²) in [5.74, 6) is 0. The second-order valence-electron chi connectivity index (χ2n) is 7.11. The fourth-order valence-electron chi connectivity index (χ4n) is 3.82. The van der Waals surface area contributed by atoms with Crippen LogP contribution in [0.3, 0.4) is 0 Å². The van der Waals surface area contributed by atoms with Crippen molar-refractivity contribution in [3.05, 3.63) is 59.1 Å². The van der Waals surface area contributed by atoms with Crippen LogP contribution in [0.4, 0.5) is 5.69 Å². The molecule has 6 heteroatoms. The number of halogens is 1. The Morgan fingerprint density at radius 2 is 1.96 bits per heavy atom. The van der Waals surface area contributed by atoms with Gasteiger partial charge >= 0.3 is 0 Å². The number of pyridine rings is 3. The molecular formula is C21H24BrN5. The summed E-state index contributed by atoms with van der Waals surface area (Å²) < 4.78 is 0.962. The second-order valence-corrected chi connectivity index (χ2v) is 8.02. The number of likely N-dealkylation sites (tertiary alicyclic amines) is 1. The average Bonchev–Trinajstić information content (AvgIpc) is 2.72. The molecular weight excluding hydrogens is 402 g/mol. The van der Waals surface area contributed by atoms with Gasteiger partial charge in [0.15, 0.2) is 0 Å². The predicted molar refractivity (Wildman–Crippen MR) is 113 cm³/mol. The Balaban J connectivity index is 1.38. The first-order valence-electron chi connectivity index (χ1n) is 9.46. The minimum Gasteiger partial charge on any atom is -0.370 e. The lowest BCUT2D eigenvalue weighted by atomic mass is 10.0. The number of rotatable bonds is 5. The molecule has 1 fully saturated rings. The first-order chi connectivity index (χ1) is 13.2. The van der Waals surface area contributed by atoms with Crippen molar-refractivity contribution in [1.29, 1.82) is 0 Å². The van der Waals surface area contributed by atoms with Gasteiger partial charge in [-0.05, 0) is 53.0 Å². The molecule has 4 rings (SSSR count). The smallest absolute Gasteiger partial charge is 0.112 e. The minimum atomic E-state index is 0.534. The Kier molecular flexibility index (Phi) is 5.64. The summed E-state index contributed by atoms with van der Waals surface area (Å²) in [6.07, 6.45) is 8.96. The largest absolute Gasteiger partial charge is 0.370 e. The van der Waals surface area contributed by atoms with Crippen LogP contribution in [-0.2, 0) is 6.42 Å². The van der Waals surface area contributed by atoms with Crippen molar-refractivity contribution in [2.24, 2.45) is 0 Å². The van der Waals surface area contributed by atoms with Crippen LogP contribution in [0.25, 0.3) is 11.0 Å². The lowest BCUT2D eigenvalue weighted by Gasteiger charge is -2.38. The fraction of sp³-hybridized carbons (Fsp3) is 0.381. The lowest BCUT2D eigenvalue weighted by Crippen LogP contribution is -2.44. The molecule has 0 bridgehead atoms. The fourth-order valence-corrected chi connectivity index (χ4v) is 4.14. The zero-order valence-electron chi connectivity index (χ0n) is 15.6. The summed E-state index contributed by atoms with van der Waals surface area (Å²) in [5, 5.41) is 0. The maximum atomic E-state index is 4.61. The first kappa shape index (κ1) is 18.3. The van der Waals surface area contributed by atoms with Crippen LogP contribution < -0.4 is 4.90 Å². The van der Waals surface area contributed by atoms with Gasteiger partial charge in [-0.25, -0.2) is 0 Å². The van der Waals surface area contributed by atoms with Gasteiger partial charge in [-0.15, -0.1) is 0 Å². The zero-order chi connectivity index (χ0) is 18.6. The third-order valence-electron chi connectivity index (χ3n) is 5.42. The summed E-state index contributed by atoms with van der Waals surface area (Å²) in [6, 6.07) is 10.8. The van der Waals surface area contributed by atoms with E-state index in [0.29, 0.717) is 6.04 Å². The molecule has 27 heavy (non-hydrogen) atoms. The molecule has 0 amide bonds. The van der Waals surface area contributed by atoms with E-state index in [0.717, 1.165) is 41.6 Å². The third kappa shape index (κ3) is 4.28. The number of nitrogens with zero attached hydrogens (tertiary/aromatic N) is 5. The molecule has 0 N–H and O–H groups in total. The Labute approximate surface area is 168 Å². The van der Waals surface area contributed by atoms with Gasteiger partial charge in [-0.1, -0.05) is 6.07 Å². The molecule has 3 aromatic heterocycles. The minimum absolute atomic E-state index is 0.534. The van der Waals surface area contributed by atoms with E-state index in [4.69, 9.17) is 0 Å². The molecule has 0 atom stereocenters. The number of hydrogen-bond acceptors (Lipinski definition) is 5. The highest BCUT2D eigenvalue weighted by Crippen LogP contribution is 2.28. The van der Waals surface area contributed by atoms with Crippen molar-refractivity contribution in [3.8, 4) is 0 Å². The molecule has 0 aliphatic carbocycles. The number of hydrogen-bond donors (Lipinski definition) is 0. The van der Waals surface area contributed by atoms with Gasteiger partial charge in [0, 0.05) is 67.9 Å². The van der Waals surface area contributed by atoms with Crippen molar-refractivity contribution in [1.82, 2.24) is 19.9 Å². The summed E-state index contributed by atoms with van der Waals surface area (Å²) >= 11 is 3.48. The summed E-state index contributed by atoms with van der Waals surface area (Å²) in [4.78, 5) is 18.4. The third-order valence-corrected chi connectivity index (χ3v) is 5.85. The topological polar surface area (TPSA) is 45.2 Å². The molecule has 0 spiro atoms. The number of aromatic nitrogens is 3. The van der Waals surface area contributed by atoms with E-state index in [1.165, 1.54) is 24.2 Å². The summed E-state index contributed by atoms with van der Waals surface area (Å²) in [5.41, 5.74) is 4.25. The highest BCUT2D eigenvalue weighted by molar-refractivity contribution is 9.10. The Hall–Kier alpha value is -2.05. The molecule has 4 heterocycles. The van der Waals surface area contributed by atoms with E-state index in [9.17, 15) is 0 Å². The van der Waals surface area contributed by atoms with Crippen LogP contribution in [0, 0.1) is 0 Å². The van der Waals surface area contributed by atoms with E-state index >= 15 is 0 Å². The highest BCUT2D eigenvalue weighted by atomic mass is 79.9. The maximum Gasteiger partial charge on any atom is 0.112 e. The second kappa shape index (κ2) is 8.31. The van der Waals surface area contributed by atoms with Crippen LogP contribution in [0.1, 0.15) is 18.5 Å². The lowest BCUT2D eigenvalue weighted by molar-refractivity contribution is 0.213. The van der Waals surface area contributed by atoms with Crippen LogP contribution in [0.15, 0.2) is 53.4 Å². The average molecular weight is 426 g/mol. The first-order valence-corrected chi connectivity index (χ1v) is 10.3. The molecule has 0 unspecified atom stereocenters. The molecule has 5 nitrogen and oxygen atoms in total. The molecule has 1 aliphatic heterocycles. The quantitative estimate of drug-likeness (QED) is 0.619. The van der Waals surface area contributed by atoms with Gasteiger partial charge < -0.3 is 9.80 Å². The SMILES string of the molecule is CN(c1ccnc2cc(Br)cnc12)C1CCN(CCc2ccccn2)CC1. The highest BCUT2D eigenvalue weighted by Gasteiger charge is 2.24. The molecule has 3 aromatic rings. The molecule has 0 saturated carbocycles. The number of anilines is 1. The monoisotopic (exact) mass is 425 g/mol. The standard InChI is InChI=1S/C21H24BrN5/c1-26(20-5-10-24-19-14-16(22)15-25-21(19)20)18-7-12-27(13-8-18)11-6-17-4-2-3-9-23-17/h2-5,9-10,14-15,18H,6-8,11-13H2,1H3. The number of fused-ring (bicyclic) bond motifs is 1. The van der Waals surface area contributed by atoms with Gasteiger partial charge in [0.05, 0.1) is 11.2 Å². The van der Waals surface area contributed by atoms with E-state index in [1.807, 2.05) is 30.7 Å². The van der Waals surface area contributed by atoms with Gasteiger partial charge in [0.2, 0.25) is 0 Å². The number of piperidine rings is 1. The van der Waals surface area contributed by atoms with Crippen molar-refractivity contribution in [3.63, 3.8) is 0 Å². The van der Waals surface area contributed by atoms with Crippen LogP contribution in [0.5, 0.6) is 0 Å². The van der Waals surface area contributed by atoms with Crippen molar-refractivity contribution in [2.45, 2.75) is 25.3 Å². The molecule has 140 valence electrons.